The number of piperidine rings is 1. The van der Waals surface area contributed by atoms with Gasteiger partial charge in [-0.2, -0.15) is 0 Å². The number of allylic oxidation sites excluding steroid dienone is 2. The largest absolute Gasteiger partial charge is 0.480 e. The lowest BCUT2D eigenvalue weighted by molar-refractivity contribution is -0.143. The third-order valence-corrected chi connectivity index (χ3v) is 6.88. The molecule has 0 aromatic carbocycles. The number of aliphatic carboxylic acids is 1. The quantitative estimate of drug-likeness (QED) is 0.809. The van der Waals surface area contributed by atoms with Crippen molar-refractivity contribution in [1.82, 2.24) is 9.80 Å². The van der Waals surface area contributed by atoms with E-state index in [0.29, 0.717) is 17.9 Å². The van der Waals surface area contributed by atoms with Crippen molar-refractivity contribution in [3.8, 4) is 0 Å². The van der Waals surface area contributed by atoms with Gasteiger partial charge in [-0.1, -0.05) is 31.2 Å². The first-order valence-corrected chi connectivity index (χ1v) is 10.4. The van der Waals surface area contributed by atoms with E-state index in [-0.39, 0.29) is 12.7 Å². The molecule has 4 aliphatic heterocycles. The standard InChI is InChI=1S/C22H28N2O3/c1-2-19(27-13-20(25)26)15-5-6-18-17(12-15)16-8-10-23-9-3-4-14-7-11-24(18)22(16)21(14)23/h5-7,12,16-19H,2-4,8-11,13H2,1H3,(H,25,26). The summed E-state index contributed by atoms with van der Waals surface area (Å²) in [6.45, 7) is 5.22. The second kappa shape index (κ2) is 6.55. The van der Waals surface area contributed by atoms with Crippen LogP contribution in [0.15, 0.2) is 46.8 Å². The molecule has 5 aliphatic rings. The first-order valence-electron chi connectivity index (χ1n) is 10.4. The van der Waals surface area contributed by atoms with Crippen molar-refractivity contribution >= 4 is 5.97 Å². The Bertz CT molecular complexity index is 778. The van der Waals surface area contributed by atoms with Crippen molar-refractivity contribution in [2.45, 2.75) is 44.8 Å². The minimum absolute atomic E-state index is 0.128. The average molecular weight is 368 g/mol. The minimum atomic E-state index is -0.903. The molecule has 2 fully saturated rings. The number of hydrogen-bond donors (Lipinski definition) is 1. The first-order chi connectivity index (χ1) is 13.2. The summed E-state index contributed by atoms with van der Waals surface area (Å²) < 4.78 is 5.66. The Morgan fingerprint density at radius 3 is 3.11 bits per heavy atom. The Hall–Kier alpha value is -2.01. The summed E-state index contributed by atoms with van der Waals surface area (Å²) in [5.74, 6) is 0.159. The normalized spacial score (nSPS) is 32.0. The number of fused-ring (bicyclic) bond motifs is 3. The van der Waals surface area contributed by atoms with Crippen LogP contribution in [-0.4, -0.2) is 59.3 Å². The van der Waals surface area contributed by atoms with Gasteiger partial charge in [0.2, 0.25) is 0 Å². The van der Waals surface area contributed by atoms with Gasteiger partial charge < -0.3 is 19.6 Å². The Kier molecular flexibility index (Phi) is 4.15. The molecular weight excluding hydrogens is 340 g/mol. The van der Waals surface area contributed by atoms with Crippen LogP contribution >= 0.6 is 0 Å². The van der Waals surface area contributed by atoms with Crippen molar-refractivity contribution < 1.29 is 14.6 Å². The molecule has 0 saturated carbocycles. The van der Waals surface area contributed by atoms with Crippen LogP contribution in [0.3, 0.4) is 0 Å². The Balaban J connectivity index is 1.46. The van der Waals surface area contributed by atoms with Crippen LogP contribution < -0.4 is 0 Å². The third-order valence-electron chi connectivity index (χ3n) is 6.88. The zero-order valence-electron chi connectivity index (χ0n) is 15.9. The van der Waals surface area contributed by atoms with E-state index in [1.165, 1.54) is 31.5 Å². The molecule has 1 aliphatic carbocycles. The summed E-state index contributed by atoms with van der Waals surface area (Å²) in [7, 11) is 0. The topological polar surface area (TPSA) is 53.0 Å². The highest BCUT2D eigenvalue weighted by atomic mass is 16.5. The van der Waals surface area contributed by atoms with Crippen molar-refractivity contribution in [3.63, 3.8) is 0 Å². The second-order valence-electron chi connectivity index (χ2n) is 8.30. The monoisotopic (exact) mass is 368 g/mol. The molecule has 0 bridgehead atoms. The number of rotatable bonds is 5. The van der Waals surface area contributed by atoms with E-state index in [2.05, 4.69) is 41.0 Å². The highest BCUT2D eigenvalue weighted by molar-refractivity contribution is 5.68. The van der Waals surface area contributed by atoms with E-state index in [0.717, 1.165) is 25.1 Å². The molecule has 0 radical (unpaired) electrons. The third kappa shape index (κ3) is 2.66. The molecule has 5 nitrogen and oxygen atoms in total. The van der Waals surface area contributed by atoms with E-state index in [4.69, 9.17) is 9.84 Å². The molecule has 4 heterocycles. The van der Waals surface area contributed by atoms with Crippen LogP contribution in [0.25, 0.3) is 0 Å². The number of carboxylic acids is 1. The van der Waals surface area contributed by atoms with Gasteiger partial charge in [0.1, 0.15) is 6.61 Å². The fraction of sp³-hybridized carbons (Fsp3) is 0.591. The van der Waals surface area contributed by atoms with Gasteiger partial charge in [0.15, 0.2) is 0 Å². The minimum Gasteiger partial charge on any atom is -0.480 e. The summed E-state index contributed by atoms with van der Waals surface area (Å²) in [5, 5.41) is 8.96. The van der Waals surface area contributed by atoms with Gasteiger partial charge in [-0.25, -0.2) is 4.79 Å². The zero-order chi connectivity index (χ0) is 18.5. The predicted octanol–water partition coefficient (Wildman–Crippen LogP) is 2.93. The van der Waals surface area contributed by atoms with Gasteiger partial charge >= 0.3 is 5.97 Å². The highest BCUT2D eigenvalue weighted by Gasteiger charge is 2.49. The molecule has 1 N–H and O–H groups in total. The lowest BCUT2D eigenvalue weighted by atomic mass is 9.78. The van der Waals surface area contributed by atoms with Crippen molar-refractivity contribution in [1.29, 1.82) is 0 Å². The molecule has 2 saturated heterocycles. The van der Waals surface area contributed by atoms with Crippen molar-refractivity contribution in [3.05, 3.63) is 46.8 Å². The maximum absolute atomic E-state index is 10.9. The summed E-state index contributed by atoms with van der Waals surface area (Å²) >= 11 is 0. The number of carbonyl (C=O) groups is 1. The van der Waals surface area contributed by atoms with Gasteiger partial charge in [0.25, 0.3) is 0 Å². The average Bonchev–Trinajstić information content (AvgIpc) is 3.01. The molecule has 5 heteroatoms. The number of ether oxygens (including phenoxy) is 1. The Morgan fingerprint density at radius 2 is 2.30 bits per heavy atom. The van der Waals surface area contributed by atoms with E-state index < -0.39 is 5.97 Å². The maximum atomic E-state index is 10.9. The van der Waals surface area contributed by atoms with Crippen LogP contribution in [0.1, 0.15) is 32.6 Å². The van der Waals surface area contributed by atoms with Gasteiger partial charge in [0.05, 0.1) is 17.8 Å². The molecule has 27 heavy (non-hydrogen) atoms. The molecule has 0 spiro atoms. The summed E-state index contributed by atoms with van der Waals surface area (Å²) in [6, 6.07) is 0.429. The van der Waals surface area contributed by atoms with Crippen LogP contribution in [-0.2, 0) is 9.53 Å². The van der Waals surface area contributed by atoms with E-state index >= 15 is 0 Å². The lowest BCUT2D eigenvalue weighted by Crippen LogP contribution is -2.41. The SMILES string of the molecule is CCC(OCC(=O)O)C1=CC2C3CCN4CCCC5=CCN(C3=C54)C2C=C1. The Labute approximate surface area is 160 Å². The van der Waals surface area contributed by atoms with Gasteiger partial charge in [0, 0.05) is 37.2 Å². The zero-order valence-corrected chi connectivity index (χ0v) is 15.9. The summed E-state index contributed by atoms with van der Waals surface area (Å²) in [6.07, 6.45) is 13.8. The molecule has 0 amide bonds. The summed E-state index contributed by atoms with van der Waals surface area (Å²) in [4.78, 5) is 16.1. The Morgan fingerprint density at radius 1 is 1.41 bits per heavy atom. The van der Waals surface area contributed by atoms with Crippen LogP contribution in [0.4, 0.5) is 0 Å². The second-order valence-corrected chi connectivity index (χ2v) is 8.30. The molecule has 0 aromatic rings. The molecule has 0 aromatic heterocycles. The number of nitrogens with zero attached hydrogens (tertiary/aromatic N) is 2. The molecule has 5 rings (SSSR count). The van der Waals surface area contributed by atoms with Gasteiger partial charge in [-0.3, -0.25) is 0 Å². The maximum Gasteiger partial charge on any atom is 0.329 e. The number of hydrogen-bond acceptors (Lipinski definition) is 4. The van der Waals surface area contributed by atoms with Crippen LogP contribution in [0.5, 0.6) is 0 Å². The molecule has 4 atom stereocenters. The first kappa shape index (κ1) is 17.1. The molecular formula is C22H28N2O3. The molecule has 4 unspecified atom stereocenters. The van der Waals surface area contributed by atoms with E-state index in [1.54, 1.807) is 11.3 Å². The fourth-order valence-electron chi connectivity index (χ4n) is 5.78. The fourth-order valence-corrected chi connectivity index (χ4v) is 5.78. The number of carboxylic acid groups (broad SMARTS) is 1. The lowest BCUT2D eigenvalue weighted by Gasteiger charge is -2.44. The van der Waals surface area contributed by atoms with Crippen molar-refractivity contribution in [2.75, 3.05) is 26.2 Å². The highest BCUT2D eigenvalue weighted by Crippen LogP contribution is 2.52. The predicted molar refractivity (Wildman–Crippen MR) is 103 cm³/mol. The van der Waals surface area contributed by atoms with E-state index in [1.807, 2.05) is 0 Å². The molecule has 144 valence electrons. The van der Waals surface area contributed by atoms with Crippen LogP contribution in [0, 0.1) is 11.8 Å². The van der Waals surface area contributed by atoms with E-state index in [9.17, 15) is 4.79 Å². The summed E-state index contributed by atoms with van der Waals surface area (Å²) in [5.41, 5.74) is 5.84. The van der Waals surface area contributed by atoms with Crippen molar-refractivity contribution in [2.24, 2.45) is 11.8 Å². The van der Waals surface area contributed by atoms with Gasteiger partial charge in [-0.05, 0) is 36.8 Å². The smallest absolute Gasteiger partial charge is 0.329 e. The van der Waals surface area contributed by atoms with Crippen LogP contribution in [0.2, 0.25) is 0 Å². The van der Waals surface area contributed by atoms with Gasteiger partial charge in [-0.15, -0.1) is 0 Å².